The number of anilines is 1. The van der Waals surface area contributed by atoms with Gasteiger partial charge in [-0.1, -0.05) is 38.3 Å². The van der Waals surface area contributed by atoms with E-state index in [4.69, 9.17) is 4.74 Å². The van der Waals surface area contributed by atoms with Crippen molar-refractivity contribution in [2.24, 2.45) is 0 Å². The summed E-state index contributed by atoms with van der Waals surface area (Å²) < 4.78 is 5.18. The van der Waals surface area contributed by atoms with Crippen molar-refractivity contribution in [3.8, 4) is 5.75 Å². The van der Waals surface area contributed by atoms with Crippen molar-refractivity contribution >= 4 is 11.6 Å². The van der Waals surface area contributed by atoms with Gasteiger partial charge in [0.2, 0.25) is 5.91 Å². The summed E-state index contributed by atoms with van der Waals surface area (Å²) in [5.74, 6) is 0.638. The highest BCUT2D eigenvalue weighted by Gasteiger charge is 2.05. The number of para-hydroxylation sites is 2. The van der Waals surface area contributed by atoms with E-state index in [1.807, 2.05) is 24.3 Å². The Morgan fingerprint density at radius 2 is 2.00 bits per heavy atom. The van der Waals surface area contributed by atoms with Gasteiger partial charge in [-0.3, -0.25) is 4.79 Å². The van der Waals surface area contributed by atoms with Crippen LogP contribution in [0.15, 0.2) is 24.3 Å². The molecule has 1 aromatic carbocycles. The molecular weight excluding hydrogens is 240 g/mol. The molecule has 19 heavy (non-hydrogen) atoms. The lowest BCUT2D eigenvalue weighted by molar-refractivity contribution is -0.115. The molecule has 0 saturated carbocycles. The Balaban J connectivity index is 2.23. The van der Waals surface area contributed by atoms with Gasteiger partial charge in [-0.05, 0) is 25.1 Å². The van der Waals surface area contributed by atoms with Gasteiger partial charge < -0.3 is 15.4 Å². The van der Waals surface area contributed by atoms with Gasteiger partial charge in [0.1, 0.15) is 5.75 Å². The Bertz CT molecular complexity index is 380. The second-order valence-electron chi connectivity index (χ2n) is 4.49. The second-order valence-corrected chi connectivity index (χ2v) is 4.49. The van der Waals surface area contributed by atoms with Gasteiger partial charge in [0.15, 0.2) is 0 Å². The minimum Gasteiger partial charge on any atom is -0.495 e. The van der Waals surface area contributed by atoms with E-state index in [0.29, 0.717) is 18.0 Å². The highest BCUT2D eigenvalue weighted by atomic mass is 16.5. The Hall–Kier alpha value is -1.55. The minimum atomic E-state index is -0.0417. The van der Waals surface area contributed by atoms with Gasteiger partial charge in [-0.25, -0.2) is 0 Å². The first-order valence-electron chi connectivity index (χ1n) is 6.91. The third-order valence-corrected chi connectivity index (χ3v) is 2.87. The third kappa shape index (κ3) is 6.25. The molecule has 0 aliphatic rings. The van der Waals surface area contributed by atoms with Crippen molar-refractivity contribution in [3.05, 3.63) is 24.3 Å². The Kier molecular flexibility index (Phi) is 7.66. The van der Waals surface area contributed by atoms with Crippen LogP contribution in [0.5, 0.6) is 5.75 Å². The molecule has 0 heterocycles. The summed E-state index contributed by atoms with van der Waals surface area (Å²) in [6.45, 7) is 3.41. The van der Waals surface area contributed by atoms with Crippen LogP contribution in [0.25, 0.3) is 0 Å². The Morgan fingerprint density at radius 3 is 2.74 bits per heavy atom. The van der Waals surface area contributed by atoms with E-state index < -0.39 is 0 Å². The number of benzene rings is 1. The minimum absolute atomic E-state index is 0.0417. The van der Waals surface area contributed by atoms with E-state index in [1.54, 1.807) is 7.11 Å². The first kappa shape index (κ1) is 15.5. The van der Waals surface area contributed by atoms with Crippen LogP contribution < -0.4 is 15.4 Å². The van der Waals surface area contributed by atoms with Crippen molar-refractivity contribution in [2.75, 3.05) is 25.5 Å². The number of nitrogens with one attached hydrogen (secondary N) is 2. The van der Waals surface area contributed by atoms with Crippen LogP contribution in [-0.2, 0) is 4.79 Å². The molecule has 106 valence electrons. The summed E-state index contributed by atoms with van der Waals surface area (Å²) in [4.78, 5) is 11.7. The quantitative estimate of drug-likeness (QED) is 0.674. The zero-order chi connectivity index (χ0) is 13.9. The van der Waals surface area contributed by atoms with Crippen molar-refractivity contribution < 1.29 is 9.53 Å². The van der Waals surface area contributed by atoms with E-state index in [0.717, 1.165) is 13.0 Å². The summed E-state index contributed by atoms with van der Waals surface area (Å²) in [5.41, 5.74) is 0.711. The molecule has 0 saturated heterocycles. The van der Waals surface area contributed by atoms with Gasteiger partial charge in [-0.2, -0.15) is 0 Å². The molecule has 0 unspecified atom stereocenters. The molecule has 0 radical (unpaired) electrons. The molecule has 1 amide bonds. The lowest BCUT2D eigenvalue weighted by Gasteiger charge is -2.10. The summed E-state index contributed by atoms with van der Waals surface area (Å²) in [5, 5.41) is 5.99. The van der Waals surface area contributed by atoms with Crippen LogP contribution in [0.1, 0.15) is 32.6 Å². The monoisotopic (exact) mass is 264 g/mol. The third-order valence-electron chi connectivity index (χ3n) is 2.87. The fourth-order valence-corrected chi connectivity index (χ4v) is 1.82. The zero-order valence-electron chi connectivity index (χ0n) is 11.9. The Labute approximate surface area is 115 Å². The summed E-state index contributed by atoms with van der Waals surface area (Å²) in [6.07, 6.45) is 4.83. The van der Waals surface area contributed by atoms with Crippen molar-refractivity contribution in [2.45, 2.75) is 32.6 Å². The molecule has 4 nitrogen and oxygen atoms in total. The van der Waals surface area contributed by atoms with E-state index in [1.165, 1.54) is 19.3 Å². The molecule has 0 aliphatic heterocycles. The normalized spacial score (nSPS) is 10.2. The first-order valence-corrected chi connectivity index (χ1v) is 6.91. The molecule has 0 fully saturated rings. The number of unbranched alkanes of at least 4 members (excludes halogenated alkanes) is 3. The van der Waals surface area contributed by atoms with Gasteiger partial charge in [0.05, 0.1) is 19.3 Å². The number of hydrogen-bond donors (Lipinski definition) is 2. The average Bonchev–Trinajstić information content (AvgIpc) is 2.43. The standard InChI is InChI=1S/C15H24N2O2/c1-3-4-5-8-11-16-12-15(18)17-13-9-6-7-10-14(13)19-2/h6-7,9-10,16H,3-5,8,11-12H2,1-2H3,(H,17,18). The molecule has 0 aliphatic carbocycles. The maximum atomic E-state index is 11.7. The summed E-state index contributed by atoms with van der Waals surface area (Å²) in [7, 11) is 1.59. The van der Waals surface area contributed by atoms with Gasteiger partial charge in [0, 0.05) is 0 Å². The fraction of sp³-hybridized carbons (Fsp3) is 0.533. The van der Waals surface area contributed by atoms with Crippen LogP contribution in [0, 0.1) is 0 Å². The van der Waals surface area contributed by atoms with E-state index in [-0.39, 0.29) is 5.91 Å². The van der Waals surface area contributed by atoms with Gasteiger partial charge >= 0.3 is 0 Å². The maximum absolute atomic E-state index is 11.7. The maximum Gasteiger partial charge on any atom is 0.238 e. The van der Waals surface area contributed by atoms with Crippen molar-refractivity contribution in [3.63, 3.8) is 0 Å². The molecule has 2 N–H and O–H groups in total. The molecule has 4 heteroatoms. The zero-order valence-corrected chi connectivity index (χ0v) is 11.9. The molecule has 0 aromatic heterocycles. The SMILES string of the molecule is CCCCCCNCC(=O)Nc1ccccc1OC. The van der Waals surface area contributed by atoms with E-state index >= 15 is 0 Å². The largest absolute Gasteiger partial charge is 0.495 e. The lowest BCUT2D eigenvalue weighted by Crippen LogP contribution is -2.28. The smallest absolute Gasteiger partial charge is 0.238 e. The van der Waals surface area contributed by atoms with Crippen LogP contribution in [0.2, 0.25) is 0 Å². The lowest BCUT2D eigenvalue weighted by atomic mass is 10.2. The predicted molar refractivity (Wildman–Crippen MR) is 78.6 cm³/mol. The number of methoxy groups -OCH3 is 1. The molecule has 1 rings (SSSR count). The number of carbonyl (C=O) groups is 1. The van der Waals surface area contributed by atoms with Crippen LogP contribution >= 0.6 is 0 Å². The predicted octanol–water partition coefficient (Wildman–Crippen LogP) is 2.80. The number of hydrogen-bond acceptors (Lipinski definition) is 3. The highest BCUT2D eigenvalue weighted by molar-refractivity contribution is 5.93. The average molecular weight is 264 g/mol. The van der Waals surface area contributed by atoms with E-state index in [2.05, 4.69) is 17.6 Å². The molecule has 1 aromatic rings. The Morgan fingerprint density at radius 1 is 1.21 bits per heavy atom. The summed E-state index contributed by atoms with van der Waals surface area (Å²) in [6, 6.07) is 7.41. The highest BCUT2D eigenvalue weighted by Crippen LogP contribution is 2.22. The van der Waals surface area contributed by atoms with Crippen LogP contribution in [0.4, 0.5) is 5.69 Å². The molecule has 0 bridgehead atoms. The molecule has 0 spiro atoms. The summed E-state index contributed by atoms with van der Waals surface area (Å²) >= 11 is 0. The molecular formula is C15H24N2O2. The molecule has 0 atom stereocenters. The van der Waals surface area contributed by atoms with Crippen molar-refractivity contribution in [1.82, 2.24) is 5.32 Å². The first-order chi connectivity index (χ1) is 9.27. The number of ether oxygens (including phenoxy) is 1. The van der Waals surface area contributed by atoms with E-state index in [9.17, 15) is 4.79 Å². The van der Waals surface area contributed by atoms with Gasteiger partial charge in [-0.15, -0.1) is 0 Å². The van der Waals surface area contributed by atoms with Crippen molar-refractivity contribution in [1.29, 1.82) is 0 Å². The number of rotatable bonds is 9. The topological polar surface area (TPSA) is 50.4 Å². The number of amides is 1. The fourth-order valence-electron chi connectivity index (χ4n) is 1.82. The number of carbonyl (C=O) groups excluding carboxylic acids is 1. The second kappa shape index (κ2) is 9.39. The van der Waals surface area contributed by atoms with Gasteiger partial charge in [0.25, 0.3) is 0 Å². The van der Waals surface area contributed by atoms with Crippen LogP contribution in [0.3, 0.4) is 0 Å². The van der Waals surface area contributed by atoms with Crippen LogP contribution in [-0.4, -0.2) is 26.1 Å².